The number of carbonyl (C=O) groups is 1. The van der Waals surface area contributed by atoms with Crippen molar-refractivity contribution in [1.82, 2.24) is 10.2 Å². The highest BCUT2D eigenvalue weighted by Gasteiger charge is 2.28. The van der Waals surface area contributed by atoms with Gasteiger partial charge in [-0.1, -0.05) is 0 Å². The summed E-state index contributed by atoms with van der Waals surface area (Å²) in [6.45, 7) is 0.562. The molecule has 0 saturated carbocycles. The lowest BCUT2D eigenvalue weighted by molar-refractivity contribution is -0.118. The van der Waals surface area contributed by atoms with Crippen molar-refractivity contribution >= 4 is 38.8 Å². The van der Waals surface area contributed by atoms with E-state index in [4.69, 9.17) is 0 Å². The molecule has 1 N–H and O–H groups in total. The number of sulfone groups is 1. The van der Waals surface area contributed by atoms with Gasteiger partial charge in [0.25, 0.3) is 0 Å². The second-order valence-corrected chi connectivity index (χ2v) is 9.97. The second-order valence-electron chi connectivity index (χ2n) is 5.68. The van der Waals surface area contributed by atoms with Crippen LogP contribution in [0.4, 0.5) is 0 Å². The van der Waals surface area contributed by atoms with Gasteiger partial charge in [-0.15, -0.1) is 11.8 Å². The lowest BCUT2D eigenvalue weighted by Crippen LogP contribution is -2.35. The van der Waals surface area contributed by atoms with Gasteiger partial charge in [-0.2, -0.15) is 11.3 Å². The third-order valence-corrected chi connectivity index (χ3v) is 7.67. The minimum atomic E-state index is -2.87. The molecule has 22 heavy (non-hydrogen) atoms. The first-order valence-electron chi connectivity index (χ1n) is 7.14. The molecule has 0 unspecified atom stereocenters. The highest BCUT2D eigenvalue weighted by Crippen LogP contribution is 2.24. The third kappa shape index (κ3) is 5.26. The van der Waals surface area contributed by atoms with Gasteiger partial charge in [0.2, 0.25) is 5.91 Å². The van der Waals surface area contributed by atoms with E-state index in [1.54, 1.807) is 11.3 Å². The molecular formula is C14H22N2O3S3. The fraction of sp³-hybridized carbons (Fsp3) is 0.643. The lowest BCUT2D eigenvalue weighted by Gasteiger charge is -2.24. The molecule has 124 valence electrons. The van der Waals surface area contributed by atoms with Crippen molar-refractivity contribution in [2.45, 2.75) is 17.7 Å². The molecule has 0 radical (unpaired) electrons. The summed E-state index contributed by atoms with van der Waals surface area (Å²) in [5.74, 6) is 0.758. The van der Waals surface area contributed by atoms with Gasteiger partial charge >= 0.3 is 0 Å². The summed E-state index contributed by atoms with van der Waals surface area (Å²) in [6, 6.07) is 2.23. The van der Waals surface area contributed by atoms with Crippen molar-refractivity contribution in [2.75, 3.05) is 37.9 Å². The van der Waals surface area contributed by atoms with Gasteiger partial charge in [0, 0.05) is 11.8 Å². The van der Waals surface area contributed by atoms with Crippen LogP contribution in [0.2, 0.25) is 0 Å². The molecule has 1 saturated heterocycles. The van der Waals surface area contributed by atoms with Gasteiger partial charge < -0.3 is 10.2 Å². The van der Waals surface area contributed by atoms with Crippen LogP contribution in [0.15, 0.2) is 16.8 Å². The van der Waals surface area contributed by atoms with E-state index in [1.165, 1.54) is 17.3 Å². The summed E-state index contributed by atoms with van der Waals surface area (Å²) in [5.41, 5.74) is 1.20. The fourth-order valence-electron chi connectivity index (χ4n) is 2.41. The summed E-state index contributed by atoms with van der Waals surface area (Å²) in [6.07, 6.45) is 0.662. The molecule has 1 aliphatic rings. The van der Waals surface area contributed by atoms with Gasteiger partial charge in [0.15, 0.2) is 9.84 Å². The van der Waals surface area contributed by atoms with Crippen LogP contribution in [0.1, 0.15) is 18.0 Å². The summed E-state index contributed by atoms with van der Waals surface area (Å²) in [7, 11) is 1.12. The van der Waals surface area contributed by atoms with Crippen LogP contribution in [-0.2, 0) is 14.6 Å². The Balaban J connectivity index is 1.75. The first kappa shape index (κ1) is 17.8. The molecule has 0 spiro atoms. The Labute approximate surface area is 140 Å². The number of likely N-dealkylation sites (N-methyl/N-ethyl adjacent to an activating group) is 1. The highest BCUT2D eigenvalue weighted by molar-refractivity contribution is 8.02. The number of amides is 1. The number of rotatable bonds is 7. The molecule has 2 atom stereocenters. The molecule has 8 heteroatoms. The predicted octanol–water partition coefficient (Wildman–Crippen LogP) is 1.39. The van der Waals surface area contributed by atoms with Crippen molar-refractivity contribution < 1.29 is 13.2 Å². The largest absolute Gasteiger partial charge is 0.353 e. The third-order valence-electron chi connectivity index (χ3n) is 3.68. The van der Waals surface area contributed by atoms with Crippen molar-refractivity contribution in [1.29, 1.82) is 0 Å². The van der Waals surface area contributed by atoms with E-state index < -0.39 is 9.84 Å². The normalized spacial score (nSPS) is 21.9. The Kier molecular flexibility index (Phi) is 6.31. The van der Waals surface area contributed by atoms with Crippen LogP contribution in [-0.4, -0.2) is 62.4 Å². The molecule has 0 aromatic carbocycles. The Bertz CT molecular complexity index is 584. The SMILES string of the molecule is CN(C)[C@@H](CNC(=O)CS[C@@H]1CCS(=O)(=O)C1)c1ccsc1. The van der Waals surface area contributed by atoms with E-state index in [2.05, 4.69) is 21.7 Å². The number of thioether (sulfide) groups is 1. The molecule has 5 nitrogen and oxygen atoms in total. The number of thiophene rings is 1. The first-order valence-corrected chi connectivity index (χ1v) is 11.0. The van der Waals surface area contributed by atoms with Crippen LogP contribution >= 0.6 is 23.1 Å². The zero-order chi connectivity index (χ0) is 16.2. The van der Waals surface area contributed by atoms with Crippen LogP contribution in [0.5, 0.6) is 0 Å². The molecule has 2 heterocycles. The minimum Gasteiger partial charge on any atom is -0.353 e. The number of carbonyl (C=O) groups excluding carboxylic acids is 1. The zero-order valence-electron chi connectivity index (χ0n) is 12.8. The van der Waals surface area contributed by atoms with E-state index >= 15 is 0 Å². The smallest absolute Gasteiger partial charge is 0.230 e. The Morgan fingerprint density at radius 2 is 2.32 bits per heavy atom. The van der Waals surface area contributed by atoms with Crippen LogP contribution < -0.4 is 5.32 Å². The van der Waals surface area contributed by atoms with E-state index in [1.807, 2.05) is 19.5 Å². The summed E-state index contributed by atoms with van der Waals surface area (Å²) >= 11 is 3.10. The Morgan fingerprint density at radius 3 is 2.86 bits per heavy atom. The van der Waals surface area contributed by atoms with Gasteiger partial charge in [0.1, 0.15) is 0 Å². The molecule has 1 aromatic rings. The molecule has 1 aromatic heterocycles. The van der Waals surface area contributed by atoms with Gasteiger partial charge in [0.05, 0.1) is 23.3 Å². The quantitative estimate of drug-likeness (QED) is 0.794. The maximum atomic E-state index is 12.0. The molecular weight excluding hydrogens is 340 g/mol. The highest BCUT2D eigenvalue weighted by atomic mass is 32.2. The van der Waals surface area contributed by atoms with E-state index in [-0.39, 0.29) is 28.7 Å². The number of nitrogens with zero attached hydrogens (tertiary/aromatic N) is 1. The fourth-order valence-corrected chi connectivity index (χ4v) is 6.59. The van der Waals surface area contributed by atoms with Crippen LogP contribution in [0.25, 0.3) is 0 Å². The molecule has 1 fully saturated rings. The van der Waals surface area contributed by atoms with Crippen LogP contribution in [0.3, 0.4) is 0 Å². The molecule has 0 bridgehead atoms. The van der Waals surface area contributed by atoms with Crippen molar-refractivity contribution in [3.8, 4) is 0 Å². The standard InChI is InChI=1S/C14H22N2O3S3/c1-16(2)13(11-3-5-20-8-11)7-15-14(17)9-21-12-4-6-22(18,19)10-12/h3,5,8,12-13H,4,6-7,9-10H2,1-2H3,(H,15,17)/t12-,13+/m1/s1. The Hall–Kier alpha value is -0.570. The van der Waals surface area contributed by atoms with Gasteiger partial charge in [-0.3, -0.25) is 4.79 Å². The predicted molar refractivity (Wildman–Crippen MR) is 93.3 cm³/mol. The summed E-state index contributed by atoms with van der Waals surface area (Å²) in [5, 5.41) is 7.14. The average molecular weight is 363 g/mol. The Morgan fingerprint density at radius 1 is 1.55 bits per heavy atom. The van der Waals surface area contributed by atoms with E-state index in [0.717, 1.165) is 0 Å². The van der Waals surface area contributed by atoms with Crippen molar-refractivity contribution in [3.63, 3.8) is 0 Å². The van der Waals surface area contributed by atoms with Crippen molar-refractivity contribution in [2.24, 2.45) is 0 Å². The average Bonchev–Trinajstić information content (AvgIpc) is 3.06. The lowest BCUT2D eigenvalue weighted by atomic mass is 10.1. The summed E-state index contributed by atoms with van der Waals surface area (Å²) in [4.78, 5) is 14.0. The van der Waals surface area contributed by atoms with E-state index in [9.17, 15) is 13.2 Å². The summed E-state index contributed by atoms with van der Waals surface area (Å²) < 4.78 is 22.8. The van der Waals surface area contributed by atoms with Gasteiger partial charge in [-0.05, 0) is 42.9 Å². The van der Waals surface area contributed by atoms with Crippen molar-refractivity contribution in [3.05, 3.63) is 22.4 Å². The number of hydrogen-bond donors (Lipinski definition) is 1. The molecule has 1 aliphatic heterocycles. The molecule has 1 amide bonds. The monoisotopic (exact) mass is 362 g/mol. The molecule has 2 rings (SSSR count). The maximum Gasteiger partial charge on any atom is 0.230 e. The zero-order valence-corrected chi connectivity index (χ0v) is 15.3. The second kappa shape index (κ2) is 7.81. The maximum absolute atomic E-state index is 12.0. The van der Waals surface area contributed by atoms with Crippen LogP contribution in [0, 0.1) is 0 Å². The van der Waals surface area contributed by atoms with Gasteiger partial charge in [-0.25, -0.2) is 8.42 Å². The number of nitrogens with one attached hydrogen (secondary N) is 1. The van der Waals surface area contributed by atoms with E-state index in [0.29, 0.717) is 18.7 Å². The first-order chi connectivity index (χ1) is 10.4. The number of hydrogen-bond acceptors (Lipinski definition) is 6. The molecule has 0 aliphatic carbocycles. The minimum absolute atomic E-state index is 0.0311. The topological polar surface area (TPSA) is 66.5 Å².